The molecule has 0 radical (unpaired) electrons. The van der Waals surface area contributed by atoms with Gasteiger partial charge >= 0.3 is 0 Å². The molecule has 2 nitrogen and oxygen atoms in total. The summed E-state index contributed by atoms with van der Waals surface area (Å²) in [6.45, 7) is 2.98. The second-order valence-corrected chi connectivity index (χ2v) is 2.70. The summed E-state index contributed by atoms with van der Waals surface area (Å²) in [5.41, 5.74) is 0. The summed E-state index contributed by atoms with van der Waals surface area (Å²) in [5.74, 6) is 0. The van der Waals surface area contributed by atoms with Crippen molar-refractivity contribution in [2.24, 2.45) is 0 Å². The Morgan fingerprint density at radius 3 is 2.00 bits per heavy atom. The molecular weight excluding hydrogens is 102 g/mol. The molecule has 0 fully saturated rings. The van der Waals surface area contributed by atoms with Crippen LogP contribution in [0.2, 0.25) is 0 Å². The van der Waals surface area contributed by atoms with Crippen molar-refractivity contribution in [2.75, 3.05) is 20.6 Å². The van der Waals surface area contributed by atoms with E-state index in [1.165, 1.54) is 0 Å². The van der Waals surface area contributed by atoms with Crippen LogP contribution in [-0.4, -0.2) is 30.5 Å². The highest BCUT2D eigenvalue weighted by atomic mass is 16.5. The third kappa shape index (κ3) is 5.92. The highest BCUT2D eigenvalue weighted by molar-refractivity contribution is 4.26. The van der Waals surface area contributed by atoms with Gasteiger partial charge in [0.25, 0.3) is 0 Å². The maximum atomic E-state index is 9.09. The zero-order valence-corrected chi connectivity index (χ0v) is 6.02. The SMILES string of the molecule is CCCC[N+](C)(C)O. The number of nitrogens with zero attached hydrogens (tertiary/aromatic N) is 1. The second-order valence-electron chi connectivity index (χ2n) is 2.70. The van der Waals surface area contributed by atoms with Crippen molar-refractivity contribution >= 4 is 0 Å². The largest absolute Gasteiger partial charge is 0.217 e. The summed E-state index contributed by atoms with van der Waals surface area (Å²) in [6.07, 6.45) is 2.26. The van der Waals surface area contributed by atoms with Crippen LogP contribution in [0.15, 0.2) is 0 Å². The molecular formula is C6H16NO+. The summed E-state index contributed by atoms with van der Waals surface area (Å²) in [5, 5.41) is 9.09. The number of quaternary nitrogens is 1. The topological polar surface area (TPSA) is 20.2 Å². The summed E-state index contributed by atoms with van der Waals surface area (Å²) >= 11 is 0. The molecule has 0 aliphatic heterocycles. The number of hydroxylamine groups is 3. The molecule has 0 aliphatic rings. The predicted octanol–water partition coefficient (Wildman–Crippen LogP) is 1.25. The quantitative estimate of drug-likeness (QED) is 0.437. The van der Waals surface area contributed by atoms with Gasteiger partial charge in [-0.2, -0.15) is 4.65 Å². The van der Waals surface area contributed by atoms with Crippen molar-refractivity contribution in [1.29, 1.82) is 0 Å². The molecule has 0 spiro atoms. The molecule has 0 bridgehead atoms. The lowest BCUT2D eigenvalue weighted by atomic mass is 10.3. The standard InChI is InChI=1S/C6H16NO/c1-4-5-6-7(2,3)8/h8H,4-6H2,1-3H3/q+1. The minimum Gasteiger partial charge on any atom is -0.217 e. The first-order valence-electron chi connectivity index (χ1n) is 3.12. The van der Waals surface area contributed by atoms with Crippen molar-refractivity contribution < 1.29 is 9.85 Å². The van der Waals surface area contributed by atoms with Crippen LogP contribution in [0.25, 0.3) is 0 Å². The fourth-order valence-electron chi connectivity index (χ4n) is 0.545. The predicted molar refractivity (Wildman–Crippen MR) is 33.7 cm³/mol. The van der Waals surface area contributed by atoms with Crippen LogP contribution in [0.5, 0.6) is 0 Å². The molecule has 0 aliphatic carbocycles. The van der Waals surface area contributed by atoms with Gasteiger partial charge in [-0.25, -0.2) is 5.21 Å². The molecule has 2 heteroatoms. The van der Waals surface area contributed by atoms with Gasteiger partial charge in [0, 0.05) is 0 Å². The maximum absolute atomic E-state index is 9.09. The lowest BCUT2D eigenvalue weighted by Crippen LogP contribution is -2.35. The zero-order valence-electron chi connectivity index (χ0n) is 6.02. The van der Waals surface area contributed by atoms with E-state index >= 15 is 0 Å². The number of rotatable bonds is 3. The lowest BCUT2D eigenvalue weighted by molar-refractivity contribution is -1.07. The highest BCUT2D eigenvalue weighted by Crippen LogP contribution is 1.94. The van der Waals surface area contributed by atoms with Crippen LogP contribution < -0.4 is 0 Å². The third-order valence-corrected chi connectivity index (χ3v) is 1.06. The van der Waals surface area contributed by atoms with Crippen LogP contribution in [-0.2, 0) is 0 Å². The van der Waals surface area contributed by atoms with Gasteiger partial charge in [-0.05, 0) is 6.42 Å². The fraction of sp³-hybridized carbons (Fsp3) is 1.00. The molecule has 0 saturated carbocycles. The maximum Gasteiger partial charge on any atom is 0.108 e. The molecule has 0 rings (SSSR count). The third-order valence-electron chi connectivity index (χ3n) is 1.06. The molecule has 50 valence electrons. The minimum atomic E-state index is 0.105. The Balaban J connectivity index is 3.11. The van der Waals surface area contributed by atoms with Gasteiger partial charge < -0.3 is 0 Å². The van der Waals surface area contributed by atoms with E-state index in [4.69, 9.17) is 5.21 Å². The second kappa shape index (κ2) is 3.05. The number of hydrogen-bond donors (Lipinski definition) is 1. The van der Waals surface area contributed by atoms with E-state index in [-0.39, 0.29) is 4.65 Å². The Morgan fingerprint density at radius 1 is 1.38 bits per heavy atom. The van der Waals surface area contributed by atoms with Crippen LogP contribution in [0.1, 0.15) is 19.8 Å². The summed E-state index contributed by atoms with van der Waals surface area (Å²) < 4.78 is 0.105. The molecule has 0 unspecified atom stereocenters. The van der Waals surface area contributed by atoms with Gasteiger partial charge in [0.15, 0.2) is 0 Å². The minimum absolute atomic E-state index is 0.105. The number of hydrogen-bond acceptors (Lipinski definition) is 1. The summed E-state index contributed by atoms with van der Waals surface area (Å²) in [7, 11) is 3.57. The van der Waals surface area contributed by atoms with Gasteiger partial charge in [0.2, 0.25) is 0 Å². The van der Waals surface area contributed by atoms with Gasteiger partial charge in [0.1, 0.15) is 6.54 Å². The van der Waals surface area contributed by atoms with E-state index in [0.29, 0.717) is 0 Å². The van der Waals surface area contributed by atoms with Crippen molar-refractivity contribution in [3.8, 4) is 0 Å². The zero-order chi connectivity index (χ0) is 6.62. The molecule has 0 saturated heterocycles. The van der Waals surface area contributed by atoms with E-state index in [2.05, 4.69) is 6.92 Å². The Bertz CT molecular complexity index is 56.0. The molecule has 0 atom stereocenters. The summed E-state index contributed by atoms with van der Waals surface area (Å²) in [6, 6.07) is 0. The van der Waals surface area contributed by atoms with E-state index in [1.807, 2.05) is 0 Å². The van der Waals surface area contributed by atoms with Gasteiger partial charge in [-0.1, -0.05) is 13.3 Å². The first-order chi connectivity index (χ1) is 3.56. The van der Waals surface area contributed by atoms with Crippen LogP contribution in [0.4, 0.5) is 0 Å². The molecule has 0 aromatic carbocycles. The molecule has 1 N–H and O–H groups in total. The Morgan fingerprint density at radius 2 is 1.88 bits per heavy atom. The van der Waals surface area contributed by atoms with E-state index < -0.39 is 0 Å². The Kier molecular flexibility index (Phi) is 3.02. The number of unbranched alkanes of at least 4 members (excludes halogenated alkanes) is 1. The monoisotopic (exact) mass is 118 g/mol. The van der Waals surface area contributed by atoms with Gasteiger partial charge in [-0.15, -0.1) is 0 Å². The van der Waals surface area contributed by atoms with Crippen molar-refractivity contribution in [1.82, 2.24) is 0 Å². The molecule has 0 amide bonds. The van der Waals surface area contributed by atoms with E-state index in [0.717, 1.165) is 19.4 Å². The lowest BCUT2D eigenvalue weighted by Gasteiger charge is -2.18. The normalized spacial score (nSPS) is 12.0. The highest BCUT2D eigenvalue weighted by Gasteiger charge is 2.06. The average Bonchev–Trinajstić information content (AvgIpc) is 1.59. The Hall–Kier alpha value is -0.0800. The molecule has 0 aromatic heterocycles. The van der Waals surface area contributed by atoms with E-state index in [9.17, 15) is 0 Å². The summed E-state index contributed by atoms with van der Waals surface area (Å²) in [4.78, 5) is 0. The molecule has 0 aromatic rings. The van der Waals surface area contributed by atoms with E-state index in [1.54, 1.807) is 14.1 Å². The molecule has 0 heterocycles. The first kappa shape index (κ1) is 7.92. The van der Waals surface area contributed by atoms with Gasteiger partial charge in [-0.3, -0.25) is 0 Å². The van der Waals surface area contributed by atoms with Crippen molar-refractivity contribution in [3.63, 3.8) is 0 Å². The first-order valence-corrected chi connectivity index (χ1v) is 3.12. The van der Waals surface area contributed by atoms with Crippen molar-refractivity contribution in [3.05, 3.63) is 0 Å². The van der Waals surface area contributed by atoms with Crippen LogP contribution in [0.3, 0.4) is 0 Å². The average molecular weight is 118 g/mol. The van der Waals surface area contributed by atoms with Crippen LogP contribution in [0, 0.1) is 0 Å². The smallest absolute Gasteiger partial charge is 0.108 e. The van der Waals surface area contributed by atoms with Crippen molar-refractivity contribution in [2.45, 2.75) is 19.8 Å². The van der Waals surface area contributed by atoms with Crippen LogP contribution >= 0.6 is 0 Å². The fourth-order valence-corrected chi connectivity index (χ4v) is 0.545. The Labute approximate surface area is 51.3 Å². The van der Waals surface area contributed by atoms with Gasteiger partial charge in [0.05, 0.1) is 14.1 Å². The molecule has 8 heavy (non-hydrogen) atoms.